The summed E-state index contributed by atoms with van der Waals surface area (Å²) in [6.07, 6.45) is 0. The summed E-state index contributed by atoms with van der Waals surface area (Å²) >= 11 is 0. The van der Waals surface area contributed by atoms with Crippen molar-refractivity contribution in [3.05, 3.63) is 212 Å². The third-order valence-corrected chi connectivity index (χ3v) is 12.4. The number of aromatic nitrogens is 5. The Morgan fingerprint density at radius 1 is 0.286 bits per heavy atom. The van der Waals surface area contributed by atoms with E-state index in [2.05, 4.69) is 149 Å². The molecule has 0 amide bonds. The Kier molecular flexibility index (Phi) is 7.80. The van der Waals surface area contributed by atoms with Crippen LogP contribution in [-0.2, 0) is 0 Å². The number of nitrogens with zero attached hydrogens (tertiary/aromatic N) is 5. The summed E-state index contributed by atoms with van der Waals surface area (Å²) in [5, 5.41) is 6.96. The van der Waals surface area contributed by atoms with Crippen molar-refractivity contribution in [1.82, 2.24) is 24.1 Å². The molecule has 63 heavy (non-hydrogen) atoms. The summed E-state index contributed by atoms with van der Waals surface area (Å²) in [7, 11) is 0. The van der Waals surface area contributed by atoms with Crippen LogP contribution >= 0.6 is 0 Å². The predicted octanol–water partition coefficient (Wildman–Crippen LogP) is 14.6. The van der Waals surface area contributed by atoms with Crippen LogP contribution in [0.4, 0.5) is 0 Å². The molecule has 0 fully saturated rings. The fraction of sp³-hybridized carbons (Fsp3) is 0. The highest BCUT2D eigenvalue weighted by atomic mass is 16.3. The molecule has 0 saturated carbocycles. The average Bonchev–Trinajstić information content (AvgIpc) is 4.01. The van der Waals surface area contributed by atoms with E-state index in [-0.39, 0.29) is 0 Å². The molecule has 0 saturated heterocycles. The molecule has 9 aromatic carbocycles. The number of rotatable bonds is 6. The molecule has 0 aliphatic carbocycles. The summed E-state index contributed by atoms with van der Waals surface area (Å²) < 4.78 is 10.7. The smallest absolute Gasteiger partial charge is 0.238 e. The zero-order valence-electron chi connectivity index (χ0n) is 33.9. The van der Waals surface area contributed by atoms with Gasteiger partial charge in [0.25, 0.3) is 0 Å². The van der Waals surface area contributed by atoms with Crippen LogP contribution in [0.15, 0.2) is 217 Å². The summed E-state index contributed by atoms with van der Waals surface area (Å²) in [5.41, 5.74) is 13.8. The van der Waals surface area contributed by atoms with Gasteiger partial charge in [0.15, 0.2) is 11.6 Å². The Morgan fingerprint density at radius 3 is 1.51 bits per heavy atom. The van der Waals surface area contributed by atoms with Crippen molar-refractivity contribution < 1.29 is 4.42 Å². The highest BCUT2D eigenvalue weighted by Gasteiger charge is 2.20. The van der Waals surface area contributed by atoms with E-state index in [1.165, 1.54) is 16.3 Å². The monoisotopic (exact) mass is 805 g/mol. The van der Waals surface area contributed by atoms with Crippen molar-refractivity contribution in [2.24, 2.45) is 0 Å². The third-order valence-electron chi connectivity index (χ3n) is 12.4. The molecule has 13 aromatic rings. The van der Waals surface area contributed by atoms with Crippen LogP contribution in [0.5, 0.6) is 0 Å². The van der Waals surface area contributed by atoms with E-state index in [4.69, 9.17) is 19.4 Å². The molecule has 6 heteroatoms. The molecular weight excluding hydrogens is 771 g/mol. The van der Waals surface area contributed by atoms with Gasteiger partial charge in [-0.3, -0.25) is 4.57 Å². The number of hydrogen-bond acceptors (Lipinski definition) is 4. The molecule has 0 unspecified atom stereocenters. The van der Waals surface area contributed by atoms with Gasteiger partial charge in [-0.15, -0.1) is 0 Å². The number of para-hydroxylation sites is 3. The fourth-order valence-electron chi connectivity index (χ4n) is 9.40. The van der Waals surface area contributed by atoms with E-state index >= 15 is 0 Å². The number of hydrogen-bond donors (Lipinski definition) is 0. The van der Waals surface area contributed by atoms with Crippen molar-refractivity contribution in [1.29, 1.82) is 0 Å². The first-order chi connectivity index (χ1) is 31.2. The van der Waals surface area contributed by atoms with Crippen molar-refractivity contribution in [2.45, 2.75) is 0 Å². The largest absolute Gasteiger partial charge is 0.456 e. The second kappa shape index (κ2) is 14.0. The van der Waals surface area contributed by atoms with Crippen molar-refractivity contribution >= 4 is 65.6 Å². The maximum Gasteiger partial charge on any atom is 0.238 e. The molecule has 294 valence electrons. The minimum atomic E-state index is 0.578. The molecule has 0 spiro atoms. The number of fused-ring (bicyclic) bond motifs is 9. The molecule has 13 rings (SSSR count). The quantitative estimate of drug-likeness (QED) is 0.168. The van der Waals surface area contributed by atoms with E-state index in [9.17, 15) is 0 Å². The standard InChI is InChI=1S/C57H35N5O/c1-3-13-37(14-4-1)55-58-56(38-15-5-2-6-16-38)60-57(59-55)62-50-21-11-8-18-44(50)47-33-40(26-31-51(47)62)41-25-30-45-43-17-7-10-20-49(43)61(52(45)35-41)42-28-23-36(24-29-42)39-27-32-54-48(34-39)46-19-9-12-22-53(46)63-54/h1-35H. The SMILES string of the molecule is c1ccc(-c2nc(-c3ccccc3)nc(-n3c4ccccc4c4cc(-c5ccc6c7ccccc7n(-c7ccc(-c8ccc9oc%10ccccc%10c9c8)cc7)c6c5)ccc43)n2)cc1. The van der Waals surface area contributed by atoms with Gasteiger partial charge in [-0.1, -0.05) is 152 Å². The Balaban J connectivity index is 0.937. The highest BCUT2D eigenvalue weighted by molar-refractivity contribution is 6.12. The highest BCUT2D eigenvalue weighted by Crippen LogP contribution is 2.39. The zero-order valence-corrected chi connectivity index (χ0v) is 33.9. The Morgan fingerprint density at radius 2 is 0.778 bits per heavy atom. The minimum Gasteiger partial charge on any atom is -0.456 e. The van der Waals surface area contributed by atoms with Crippen LogP contribution in [0.3, 0.4) is 0 Å². The van der Waals surface area contributed by atoms with E-state index in [1.807, 2.05) is 72.8 Å². The molecule has 4 heterocycles. The number of benzene rings is 9. The molecule has 6 nitrogen and oxygen atoms in total. The predicted molar refractivity (Wildman–Crippen MR) is 258 cm³/mol. The van der Waals surface area contributed by atoms with Crippen LogP contribution in [0.1, 0.15) is 0 Å². The first-order valence-corrected chi connectivity index (χ1v) is 21.2. The van der Waals surface area contributed by atoms with Crippen molar-refractivity contribution in [3.63, 3.8) is 0 Å². The Hall–Kier alpha value is -8.61. The van der Waals surface area contributed by atoms with Gasteiger partial charge in [-0.25, -0.2) is 4.98 Å². The van der Waals surface area contributed by atoms with Gasteiger partial charge in [0.05, 0.1) is 22.1 Å². The van der Waals surface area contributed by atoms with Gasteiger partial charge in [0.1, 0.15) is 11.2 Å². The molecular formula is C57H35N5O. The average molecular weight is 806 g/mol. The second-order valence-corrected chi connectivity index (χ2v) is 16.0. The summed E-state index contributed by atoms with van der Waals surface area (Å²) in [4.78, 5) is 15.2. The topological polar surface area (TPSA) is 61.7 Å². The van der Waals surface area contributed by atoms with Gasteiger partial charge in [-0.2, -0.15) is 9.97 Å². The van der Waals surface area contributed by atoms with Crippen molar-refractivity contribution in [2.75, 3.05) is 0 Å². The van der Waals surface area contributed by atoms with Gasteiger partial charge in [0.2, 0.25) is 5.95 Å². The van der Waals surface area contributed by atoms with Gasteiger partial charge in [0, 0.05) is 49.1 Å². The van der Waals surface area contributed by atoms with Crippen molar-refractivity contribution in [3.8, 4) is 56.7 Å². The van der Waals surface area contributed by atoms with Crippen LogP contribution < -0.4 is 0 Å². The Bertz CT molecular complexity index is 3840. The molecule has 0 radical (unpaired) electrons. The van der Waals surface area contributed by atoms with E-state index < -0.39 is 0 Å². The second-order valence-electron chi connectivity index (χ2n) is 16.0. The molecule has 0 aliphatic heterocycles. The first kappa shape index (κ1) is 35.2. The lowest BCUT2D eigenvalue weighted by Crippen LogP contribution is -2.06. The minimum absolute atomic E-state index is 0.578. The van der Waals surface area contributed by atoms with E-state index in [1.54, 1.807) is 0 Å². The maximum atomic E-state index is 6.12. The lowest BCUT2D eigenvalue weighted by Gasteiger charge is -2.11. The molecule has 0 aliphatic rings. The third kappa shape index (κ3) is 5.69. The van der Waals surface area contributed by atoms with Gasteiger partial charge in [-0.05, 0) is 82.9 Å². The van der Waals surface area contributed by atoms with Crippen LogP contribution in [-0.4, -0.2) is 24.1 Å². The van der Waals surface area contributed by atoms with E-state index in [0.717, 1.165) is 88.3 Å². The summed E-state index contributed by atoms with van der Waals surface area (Å²) in [6.45, 7) is 0. The summed E-state index contributed by atoms with van der Waals surface area (Å²) in [6, 6.07) is 74.7. The van der Waals surface area contributed by atoms with Crippen LogP contribution in [0.25, 0.3) is 122 Å². The molecule has 0 bridgehead atoms. The van der Waals surface area contributed by atoms with E-state index in [0.29, 0.717) is 17.6 Å². The maximum absolute atomic E-state index is 6.12. The first-order valence-electron chi connectivity index (χ1n) is 21.2. The lowest BCUT2D eigenvalue weighted by molar-refractivity contribution is 0.669. The molecule has 0 atom stereocenters. The molecule has 4 aromatic heterocycles. The zero-order chi connectivity index (χ0) is 41.4. The Labute approximate surface area is 361 Å². The normalized spacial score (nSPS) is 11.8. The number of furan rings is 1. The molecule has 0 N–H and O–H groups in total. The van der Waals surface area contributed by atoms with Gasteiger partial charge >= 0.3 is 0 Å². The van der Waals surface area contributed by atoms with Crippen LogP contribution in [0.2, 0.25) is 0 Å². The van der Waals surface area contributed by atoms with Crippen LogP contribution in [0, 0.1) is 0 Å². The summed E-state index contributed by atoms with van der Waals surface area (Å²) in [5.74, 6) is 1.84. The lowest BCUT2D eigenvalue weighted by atomic mass is 10.0. The van der Waals surface area contributed by atoms with Gasteiger partial charge < -0.3 is 8.98 Å². The fourth-order valence-corrected chi connectivity index (χ4v) is 9.40.